The molecule has 0 radical (unpaired) electrons. The van der Waals surface area contributed by atoms with Gasteiger partial charge in [-0.1, -0.05) is 13.3 Å². The lowest BCUT2D eigenvalue weighted by atomic mass is 9.90. The average Bonchev–Trinajstić information content (AvgIpc) is 2.78. The molecule has 2 aliphatic rings. The Morgan fingerprint density at radius 2 is 2.12 bits per heavy atom. The molecule has 2 saturated heterocycles. The maximum atomic E-state index is 3.70. The van der Waals surface area contributed by atoms with E-state index in [0.29, 0.717) is 0 Å². The number of nitrogens with one attached hydrogen (secondary N) is 1. The number of piperidine rings is 1. The summed E-state index contributed by atoms with van der Waals surface area (Å²) in [5.41, 5.74) is 0. The van der Waals surface area contributed by atoms with Crippen molar-refractivity contribution in [2.75, 3.05) is 40.3 Å². The van der Waals surface area contributed by atoms with Gasteiger partial charge < -0.3 is 15.1 Å². The van der Waals surface area contributed by atoms with Gasteiger partial charge in [0.1, 0.15) is 0 Å². The summed E-state index contributed by atoms with van der Waals surface area (Å²) in [7, 11) is 4.42. The van der Waals surface area contributed by atoms with E-state index in [-0.39, 0.29) is 0 Å². The third-order valence-electron chi connectivity index (χ3n) is 4.64. The lowest BCUT2D eigenvalue weighted by Gasteiger charge is -2.32. The highest BCUT2D eigenvalue weighted by molar-refractivity contribution is 4.86. The van der Waals surface area contributed by atoms with E-state index in [9.17, 15) is 0 Å². The van der Waals surface area contributed by atoms with E-state index in [0.717, 1.165) is 18.0 Å². The molecule has 2 fully saturated rings. The minimum Gasteiger partial charge on any atom is -0.313 e. The Morgan fingerprint density at radius 3 is 2.76 bits per heavy atom. The first-order valence-corrected chi connectivity index (χ1v) is 7.31. The van der Waals surface area contributed by atoms with Gasteiger partial charge in [0.2, 0.25) is 0 Å². The number of likely N-dealkylation sites (N-methyl/N-ethyl adjacent to an activating group) is 1. The smallest absolute Gasteiger partial charge is 0.0229 e. The summed E-state index contributed by atoms with van der Waals surface area (Å²) >= 11 is 0. The van der Waals surface area contributed by atoms with E-state index in [4.69, 9.17) is 0 Å². The molecule has 2 rings (SSSR count). The van der Waals surface area contributed by atoms with E-state index in [2.05, 4.69) is 36.1 Å². The standard InChI is InChI=1S/C14H29N3/c1-4-12-5-7-15-13(9-12)10-17-8-6-14(11-17)16(2)3/h12-15H,4-11H2,1-3H3. The molecule has 2 heterocycles. The van der Waals surface area contributed by atoms with Gasteiger partial charge in [-0.3, -0.25) is 0 Å². The van der Waals surface area contributed by atoms with Crippen molar-refractivity contribution < 1.29 is 0 Å². The molecule has 0 aliphatic carbocycles. The predicted molar refractivity (Wildman–Crippen MR) is 73.3 cm³/mol. The van der Waals surface area contributed by atoms with Crippen molar-refractivity contribution in [3.8, 4) is 0 Å². The summed E-state index contributed by atoms with van der Waals surface area (Å²) in [4.78, 5) is 5.03. The van der Waals surface area contributed by atoms with Crippen molar-refractivity contribution in [2.24, 2.45) is 5.92 Å². The van der Waals surface area contributed by atoms with Crippen LogP contribution in [0.2, 0.25) is 0 Å². The molecule has 100 valence electrons. The molecule has 2 aliphatic heterocycles. The number of rotatable bonds is 4. The highest BCUT2D eigenvalue weighted by Crippen LogP contribution is 2.21. The van der Waals surface area contributed by atoms with Gasteiger partial charge in [-0.05, 0) is 52.4 Å². The largest absolute Gasteiger partial charge is 0.313 e. The van der Waals surface area contributed by atoms with Crippen LogP contribution in [0.4, 0.5) is 0 Å². The Hall–Kier alpha value is -0.120. The Labute approximate surface area is 107 Å². The van der Waals surface area contributed by atoms with Crippen molar-refractivity contribution in [1.29, 1.82) is 0 Å². The Balaban J connectivity index is 1.74. The maximum Gasteiger partial charge on any atom is 0.0229 e. The first-order valence-electron chi connectivity index (χ1n) is 7.31. The zero-order valence-electron chi connectivity index (χ0n) is 11.8. The fraction of sp³-hybridized carbons (Fsp3) is 1.00. The summed E-state index contributed by atoms with van der Waals surface area (Å²) in [5, 5.41) is 3.70. The summed E-state index contributed by atoms with van der Waals surface area (Å²) in [6.07, 6.45) is 5.47. The molecular formula is C14H29N3. The Bertz CT molecular complexity index is 230. The van der Waals surface area contributed by atoms with Gasteiger partial charge in [-0.25, -0.2) is 0 Å². The molecule has 0 saturated carbocycles. The summed E-state index contributed by atoms with van der Waals surface area (Å²) in [6, 6.07) is 1.52. The number of nitrogens with zero attached hydrogens (tertiary/aromatic N) is 2. The van der Waals surface area contributed by atoms with Gasteiger partial charge in [-0.15, -0.1) is 0 Å². The number of hydrogen-bond donors (Lipinski definition) is 1. The molecule has 3 heteroatoms. The van der Waals surface area contributed by atoms with Gasteiger partial charge in [0.25, 0.3) is 0 Å². The van der Waals surface area contributed by atoms with Crippen LogP contribution in [0, 0.1) is 5.92 Å². The van der Waals surface area contributed by atoms with Gasteiger partial charge in [0.05, 0.1) is 0 Å². The van der Waals surface area contributed by atoms with Crippen LogP contribution in [0.25, 0.3) is 0 Å². The van der Waals surface area contributed by atoms with Crippen molar-refractivity contribution in [3.05, 3.63) is 0 Å². The van der Waals surface area contributed by atoms with Crippen LogP contribution in [0.5, 0.6) is 0 Å². The minimum atomic E-state index is 0.745. The molecule has 3 atom stereocenters. The molecule has 0 aromatic heterocycles. The number of likely N-dealkylation sites (tertiary alicyclic amines) is 1. The van der Waals surface area contributed by atoms with Gasteiger partial charge >= 0.3 is 0 Å². The Kier molecular flexibility index (Phi) is 4.83. The molecule has 3 nitrogen and oxygen atoms in total. The second-order valence-corrected chi connectivity index (χ2v) is 6.12. The SMILES string of the molecule is CCC1CCNC(CN2CCC(N(C)C)C2)C1. The monoisotopic (exact) mass is 239 g/mol. The van der Waals surface area contributed by atoms with E-state index in [1.165, 1.54) is 51.9 Å². The highest BCUT2D eigenvalue weighted by Gasteiger charge is 2.27. The van der Waals surface area contributed by atoms with Gasteiger partial charge in [-0.2, -0.15) is 0 Å². The topological polar surface area (TPSA) is 18.5 Å². The van der Waals surface area contributed by atoms with Crippen LogP contribution < -0.4 is 5.32 Å². The van der Waals surface area contributed by atoms with Gasteiger partial charge in [0.15, 0.2) is 0 Å². The normalized spacial score (nSPS) is 35.6. The molecule has 0 aromatic carbocycles. The zero-order valence-corrected chi connectivity index (χ0v) is 11.8. The molecule has 0 bridgehead atoms. The molecule has 3 unspecified atom stereocenters. The third kappa shape index (κ3) is 3.67. The van der Waals surface area contributed by atoms with E-state index < -0.39 is 0 Å². The summed E-state index contributed by atoms with van der Waals surface area (Å²) < 4.78 is 0. The molecule has 17 heavy (non-hydrogen) atoms. The maximum absolute atomic E-state index is 3.70. The van der Waals surface area contributed by atoms with E-state index >= 15 is 0 Å². The number of hydrogen-bond acceptors (Lipinski definition) is 3. The Morgan fingerprint density at radius 1 is 1.29 bits per heavy atom. The lowest BCUT2D eigenvalue weighted by Crippen LogP contribution is -2.45. The lowest BCUT2D eigenvalue weighted by molar-refractivity contribution is 0.211. The highest BCUT2D eigenvalue weighted by atomic mass is 15.2. The van der Waals surface area contributed by atoms with Crippen LogP contribution in [-0.2, 0) is 0 Å². The van der Waals surface area contributed by atoms with Crippen LogP contribution in [0.15, 0.2) is 0 Å². The first-order chi connectivity index (χ1) is 8.19. The third-order valence-corrected chi connectivity index (χ3v) is 4.64. The fourth-order valence-electron chi connectivity index (χ4n) is 3.32. The fourth-order valence-corrected chi connectivity index (χ4v) is 3.32. The minimum absolute atomic E-state index is 0.745. The molecule has 0 spiro atoms. The second-order valence-electron chi connectivity index (χ2n) is 6.12. The van der Waals surface area contributed by atoms with E-state index in [1.807, 2.05) is 0 Å². The first kappa shape index (κ1) is 13.3. The zero-order chi connectivity index (χ0) is 12.3. The molecule has 1 N–H and O–H groups in total. The second kappa shape index (κ2) is 6.17. The average molecular weight is 239 g/mol. The van der Waals surface area contributed by atoms with Crippen molar-refractivity contribution in [2.45, 2.75) is 44.7 Å². The van der Waals surface area contributed by atoms with Crippen molar-refractivity contribution in [1.82, 2.24) is 15.1 Å². The molecular weight excluding hydrogens is 210 g/mol. The van der Waals surface area contributed by atoms with Gasteiger partial charge in [0, 0.05) is 25.2 Å². The van der Waals surface area contributed by atoms with Crippen molar-refractivity contribution >= 4 is 0 Å². The molecule has 0 aromatic rings. The van der Waals surface area contributed by atoms with Crippen LogP contribution in [-0.4, -0.2) is 62.2 Å². The van der Waals surface area contributed by atoms with Crippen LogP contribution >= 0.6 is 0 Å². The quantitative estimate of drug-likeness (QED) is 0.800. The predicted octanol–water partition coefficient (Wildman–Crippen LogP) is 1.40. The van der Waals surface area contributed by atoms with Crippen LogP contribution in [0.1, 0.15) is 32.6 Å². The summed E-state index contributed by atoms with van der Waals surface area (Å²) in [5.74, 6) is 0.966. The molecule has 0 amide bonds. The summed E-state index contributed by atoms with van der Waals surface area (Å²) in [6.45, 7) is 7.39. The van der Waals surface area contributed by atoms with Crippen LogP contribution in [0.3, 0.4) is 0 Å². The van der Waals surface area contributed by atoms with Crippen molar-refractivity contribution in [3.63, 3.8) is 0 Å². The van der Waals surface area contributed by atoms with E-state index in [1.54, 1.807) is 0 Å².